The molecule has 0 aromatic rings. The van der Waals surface area contributed by atoms with Crippen LogP contribution in [0.25, 0.3) is 0 Å². The monoisotopic (exact) mass is 258 g/mol. The van der Waals surface area contributed by atoms with Crippen molar-refractivity contribution in [1.29, 1.82) is 0 Å². The highest BCUT2D eigenvalue weighted by Gasteiger charge is 2.24. The molecule has 0 amide bonds. The molecule has 2 fully saturated rings. The first-order valence-corrected chi connectivity index (χ1v) is 8.10. The lowest BCUT2D eigenvalue weighted by Crippen LogP contribution is -2.02. The SMILES string of the molecule is O=C1CCC(SCCSC2CCC(=O)C2)C1. The molecule has 0 bridgehead atoms. The van der Waals surface area contributed by atoms with Crippen LogP contribution in [0, 0.1) is 0 Å². The zero-order valence-electron chi connectivity index (χ0n) is 9.44. The van der Waals surface area contributed by atoms with Crippen LogP contribution in [0.1, 0.15) is 38.5 Å². The molecule has 2 atom stereocenters. The zero-order valence-corrected chi connectivity index (χ0v) is 11.1. The Morgan fingerprint density at radius 3 is 1.62 bits per heavy atom. The van der Waals surface area contributed by atoms with Gasteiger partial charge >= 0.3 is 0 Å². The molecule has 0 aromatic carbocycles. The van der Waals surface area contributed by atoms with Crippen molar-refractivity contribution in [3.63, 3.8) is 0 Å². The van der Waals surface area contributed by atoms with Crippen LogP contribution in [-0.4, -0.2) is 33.6 Å². The molecule has 0 spiro atoms. The number of ketones is 2. The normalized spacial score (nSPS) is 30.2. The highest BCUT2D eigenvalue weighted by atomic mass is 32.2. The third-order valence-corrected chi connectivity index (χ3v) is 6.08. The summed E-state index contributed by atoms with van der Waals surface area (Å²) in [5.74, 6) is 3.14. The van der Waals surface area contributed by atoms with E-state index in [-0.39, 0.29) is 0 Å². The van der Waals surface area contributed by atoms with Gasteiger partial charge in [-0.3, -0.25) is 9.59 Å². The van der Waals surface area contributed by atoms with Crippen LogP contribution in [0.3, 0.4) is 0 Å². The van der Waals surface area contributed by atoms with E-state index in [0.29, 0.717) is 22.1 Å². The van der Waals surface area contributed by atoms with Gasteiger partial charge in [0.25, 0.3) is 0 Å². The fourth-order valence-corrected chi connectivity index (χ4v) is 4.89. The molecule has 0 aromatic heterocycles. The lowest BCUT2D eigenvalue weighted by molar-refractivity contribution is -0.118. The Kier molecular flexibility index (Phi) is 4.77. The maximum Gasteiger partial charge on any atom is 0.134 e. The van der Waals surface area contributed by atoms with Gasteiger partial charge in [0.1, 0.15) is 11.6 Å². The Morgan fingerprint density at radius 2 is 1.31 bits per heavy atom. The molecule has 4 heteroatoms. The fourth-order valence-electron chi connectivity index (χ4n) is 2.27. The Balaban J connectivity index is 1.52. The van der Waals surface area contributed by atoms with Crippen LogP contribution in [-0.2, 0) is 9.59 Å². The van der Waals surface area contributed by atoms with Crippen molar-refractivity contribution >= 4 is 35.1 Å². The fraction of sp³-hybridized carbons (Fsp3) is 0.833. The molecular weight excluding hydrogens is 240 g/mol. The van der Waals surface area contributed by atoms with E-state index in [1.54, 1.807) is 0 Å². The summed E-state index contributed by atoms with van der Waals surface area (Å²) in [5, 5.41) is 1.16. The molecule has 2 saturated carbocycles. The first-order chi connectivity index (χ1) is 7.74. The van der Waals surface area contributed by atoms with E-state index < -0.39 is 0 Å². The van der Waals surface area contributed by atoms with Gasteiger partial charge in [0.15, 0.2) is 0 Å². The average Bonchev–Trinajstić information content (AvgIpc) is 2.83. The lowest BCUT2D eigenvalue weighted by atomic mass is 10.4. The number of Topliss-reactive ketones (excluding diaryl/α,β-unsaturated/α-hetero) is 2. The van der Waals surface area contributed by atoms with Crippen LogP contribution in [0.15, 0.2) is 0 Å². The van der Waals surface area contributed by atoms with Gasteiger partial charge in [-0.2, -0.15) is 23.5 Å². The van der Waals surface area contributed by atoms with E-state index in [9.17, 15) is 9.59 Å². The van der Waals surface area contributed by atoms with Crippen molar-refractivity contribution in [2.75, 3.05) is 11.5 Å². The van der Waals surface area contributed by atoms with Crippen molar-refractivity contribution in [3.05, 3.63) is 0 Å². The van der Waals surface area contributed by atoms with Crippen LogP contribution in [0.5, 0.6) is 0 Å². The maximum absolute atomic E-state index is 11.1. The molecule has 2 unspecified atom stereocenters. The summed E-state index contributed by atoms with van der Waals surface area (Å²) in [6.45, 7) is 0. The van der Waals surface area contributed by atoms with Gasteiger partial charge in [-0.05, 0) is 12.8 Å². The molecule has 2 aliphatic rings. The lowest BCUT2D eigenvalue weighted by Gasteiger charge is -2.10. The number of hydrogen-bond acceptors (Lipinski definition) is 4. The second kappa shape index (κ2) is 6.10. The number of thioether (sulfide) groups is 2. The van der Waals surface area contributed by atoms with Crippen LogP contribution in [0.2, 0.25) is 0 Å². The van der Waals surface area contributed by atoms with Crippen molar-refractivity contribution in [1.82, 2.24) is 0 Å². The first-order valence-electron chi connectivity index (χ1n) is 6.00. The number of hydrogen-bond donors (Lipinski definition) is 0. The average molecular weight is 258 g/mol. The van der Waals surface area contributed by atoms with Crippen LogP contribution < -0.4 is 0 Å². The molecule has 2 nitrogen and oxygen atoms in total. The summed E-state index contributed by atoms with van der Waals surface area (Å²) in [6.07, 6.45) is 5.32. The van der Waals surface area contributed by atoms with Gasteiger partial charge in [0.05, 0.1) is 0 Å². The third-order valence-electron chi connectivity index (χ3n) is 3.19. The second-order valence-electron chi connectivity index (χ2n) is 4.55. The van der Waals surface area contributed by atoms with E-state index in [2.05, 4.69) is 0 Å². The second-order valence-corrected chi connectivity index (χ2v) is 7.37. The Labute approximate surface area is 105 Å². The summed E-state index contributed by atoms with van der Waals surface area (Å²) in [6, 6.07) is 0. The molecule has 2 aliphatic carbocycles. The van der Waals surface area contributed by atoms with Gasteiger partial charge < -0.3 is 0 Å². The molecule has 90 valence electrons. The van der Waals surface area contributed by atoms with Gasteiger partial charge in [0, 0.05) is 47.7 Å². The van der Waals surface area contributed by atoms with E-state index in [0.717, 1.165) is 50.0 Å². The van der Waals surface area contributed by atoms with Gasteiger partial charge in [-0.25, -0.2) is 0 Å². The van der Waals surface area contributed by atoms with Crippen molar-refractivity contribution in [3.8, 4) is 0 Å². The molecule has 16 heavy (non-hydrogen) atoms. The summed E-state index contributed by atoms with van der Waals surface area (Å²) >= 11 is 3.89. The van der Waals surface area contributed by atoms with Crippen molar-refractivity contribution < 1.29 is 9.59 Å². The predicted octanol–water partition coefficient (Wildman–Crippen LogP) is 2.70. The highest BCUT2D eigenvalue weighted by molar-refractivity contribution is 8.03. The summed E-state index contributed by atoms with van der Waals surface area (Å²) in [5.41, 5.74) is 0. The Morgan fingerprint density at radius 1 is 0.875 bits per heavy atom. The molecule has 2 rings (SSSR count). The third kappa shape index (κ3) is 3.81. The zero-order chi connectivity index (χ0) is 11.4. The predicted molar refractivity (Wildman–Crippen MR) is 70.2 cm³/mol. The minimum absolute atomic E-state index is 0.437. The van der Waals surface area contributed by atoms with Gasteiger partial charge in [-0.15, -0.1) is 0 Å². The smallest absolute Gasteiger partial charge is 0.134 e. The minimum Gasteiger partial charge on any atom is -0.300 e. The Hall–Kier alpha value is 0.0400. The van der Waals surface area contributed by atoms with Gasteiger partial charge in [0.2, 0.25) is 0 Å². The van der Waals surface area contributed by atoms with Crippen LogP contribution >= 0.6 is 23.5 Å². The van der Waals surface area contributed by atoms with E-state index in [1.807, 2.05) is 23.5 Å². The van der Waals surface area contributed by atoms with E-state index in [4.69, 9.17) is 0 Å². The summed E-state index contributed by atoms with van der Waals surface area (Å²) < 4.78 is 0. The molecule has 0 N–H and O–H groups in total. The summed E-state index contributed by atoms with van der Waals surface area (Å²) in [7, 11) is 0. The number of rotatable bonds is 5. The van der Waals surface area contributed by atoms with Gasteiger partial charge in [-0.1, -0.05) is 0 Å². The van der Waals surface area contributed by atoms with Crippen molar-refractivity contribution in [2.45, 2.75) is 49.0 Å². The Bertz CT molecular complexity index is 250. The maximum atomic E-state index is 11.1. The highest BCUT2D eigenvalue weighted by Crippen LogP contribution is 2.31. The summed E-state index contributed by atoms with van der Waals surface area (Å²) in [4.78, 5) is 22.2. The number of carbonyl (C=O) groups excluding carboxylic acids is 2. The van der Waals surface area contributed by atoms with Crippen LogP contribution in [0.4, 0.5) is 0 Å². The first kappa shape index (κ1) is 12.5. The standard InChI is InChI=1S/C12H18O2S2/c13-9-1-3-11(7-9)15-5-6-16-12-4-2-10(14)8-12/h11-12H,1-8H2. The molecule has 0 heterocycles. The molecule has 0 aliphatic heterocycles. The minimum atomic E-state index is 0.437. The number of carbonyl (C=O) groups is 2. The molecule has 0 radical (unpaired) electrons. The largest absolute Gasteiger partial charge is 0.300 e. The topological polar surface area (TPSA) is 34.1 Å². The van der Waals surface area contributed by atoms with E-state index in [1.165, 1.54) is 0 Å². The molecule has 0 saturated heterocycles. The van der Waals surface area contributed by atoms with E-state index >= 15 is 0 Å². The quantitative estimate of drug-likeness (QED) is 0.710. The molecular formula is C12H18O2S2. The van der Waals surface area contributed by atoms with Crippen molar-refractivity contribution in [2.24, 2.45) is 0 Å².